The van der Waals surface area contributed by atoms with Crippen molar-refractivity contribution >= 4 is 22.4 Å². The van der Waals surface area contributed by atoms with Crippen LogP contribution < -0.4 is 11.1 Å². The third-order valence-electron chi connectivity index (χ3n) is 4.15. The number of methoxy groups -OCH3 is 1. The van der Waals surface area contributed by atoms with Crippen LogP contribution in [-0.2, 0) is 4.74 Å². The second-order valence-corrected chi connectivity index (χ2v) is 5.74. The molecule has 1 aliphatic rings. The number of nitrogen functional groups attached to an aromatic ring is 1. The summed E-state index contributed by atoms with van der Waals surface area (Å²) < 4.78 is 5.18. The number of nitrogens with one attached hydrogen (secondary N) is 1. The van der Waals surface area contributed by atoms with Gasteiger partial charge in [-0.25, -0.2) is 4.98 Å². The zero-order chi connectivity index (χ0) is 14.0. The number of fused-ring (bicyclic) bond motifs is 1. The molecule has 0 spiro atoms. The first-order chi connectivity index (χ1) is 9.71. The molecule has 20 heavy (non-hydrogen) atoms. The van der Waals surface area contributed by atoms with Crippen LogP contribution in [0.1, 0.15) is 19.3 Å². The summed E-state index contributed by atoms with van der Waals surface area (Å²) in [6, 6.07) is 9.89. The van der Waals surface area contributed by atoms with E-state index in [0.717, 1.165) is 42.0 Å². The van der Waals surface area contributed by atoms with Crippen molar-refractivity contribution in [2.24, 2.45) is 5.41 Å². The highest BCUT2D eigenvalue weighted by Gasteiger charge is 2.41. The normalized spacial score (nSPS) is 16.2. The average Bonchev–Trinajstić information content (AvgIpc) is 3.23. The van der Waals surface area contributed by atoms with Crippen molar-refractivity contribution in [1.29, 1.82) is 0 Å². The first kappa shape index (κ1) is 13.2. The van der Waals surface area contributed by atoms with Crippen LogP contribution in [0.25, 0.3) is 10.9 Å². The van der Waals surface area contributed by atoms with Gasteiger partial charge in [-0.15, -0.1) is 0 Å². The fourth-order valence-electron chi connectivity index (χ4n) is 2.53. The number of nitrogens with two attached hydrogens (primary N) is 1. The molecule has 1 aliphatic carbocycles. The fourth-order valence-corrected chi connectivity index (χ4v) is 2.53. The van der Waals surface area contributed by atoms with Crippen molar-refractivity contribution in [2.75, 3.05) is 31.3 Å². The van der Waals surface area contributed by atoms with Crippen LogP contribution in [0, 0.1) is 5.41 Å². The van der Waals surface area contributed by atoms with Gasteiger partial charge in [-0.1, -0.05) is 0 Å². The minimum atomic E-state index is 0.424. The molecule has 106 valence electrons. The van der Waals surface area contributed by atoms with E-state index in [2.05, 4.69) is 16.4 Å². The Kier molecular flexibility index (Phi) is 3.49. The molecule has 3 rings (SSSR count). The minimum absolute atomic E-state index is 0.424. The number of benzene rings is 1. The van der Waals surface area contributed by atoms with Gasteiger partial charge in [-0.3, -0.25) is 0 Å². The van der Waals surface area contributed by atoms with Gasteiger partial charge in [-0.05, 0) is 55.0 Å². The van der Waals surface area contributed by atoms with Crippen LogP contribution in [0.15, 0.2) is 30.3 Å². The molecule has 0 atom stereocenters. The molecule has 1 heterocycles. The lowest BCUT2D eigenvalue weighted by atomic mass is 10.0. The van der Waals surface area contributed by atoms with Gasteiger partial charge in [0, 0.05) is 31.3 Å². The van der Waals surface area contributed by atoms with Crippen molar-refractivity contribution in [3.8, 4) is 0 Å². The molecule has 1 fully saturated rings. The summed E-state index contributed by atoms with van der Waals surface area (Å²) >= 11 is 0. The number of hydrogen-bond donors (Lipinski definition) is 2. The van der Waals surface area contributed by atoms with Gasteiger partial charge in [0.15, 0.2) is 0 Å². The Balaban J connectivity index is 1.67. The van der Waals surface area contributed by atoms with Crippen LogP contribution in [0.5, 0.6) is 0 Å². The van der Waals surface area contributed by atoms with Gasteiger partial charge >= 0.3 is 0 Å². The SMILES string of the molecule is COCCC1(CNc2ccc3cc(N)ccc3n2)CC1. The number of hydrogen-bond acceptors (Lipinski definition) is 4. The summed E-state index contributed by atoms with van der Waals surface area (Å²) in [5.41, 5.74) is 7.95. The van der Waals surface area contributed by atoms with Crippen molar-refractivity contribution in [1.82, 2.24) is 4.98 Å². The van der Waals surface area contributed by atoms with Gasteiger partial charge < -0.3 is 15.8 Å². The summed E-state index contributed by atoms with van der Waals surface area (Å²) in [5, 5.41) is 4.54. The average molecular weight is 271 g/mol. The Morgan fingerprint density at radius 3 is 2.90 bits per heavy atom. The lowest BCUT2D eigenvalue weighted by Gasteiger charge is -2.16. The van der Waals surface area contributed by atoms with E-state index in [0.29, 0.717) is 5.41 Å². The molecule has 0 saturated heterocycles. The van der Waals surface area contributed by atoms with Gasteiger partial charge in [0.05, 0.1) is 5.52 Å². The Morgan fingerprint density at radius 1 is 1.30 bits per heavy atom. The molecular weight excluding hydrogens is 250 g/mol. The summed E-state index contributed by atoms with van der Waals surface area (Å²) in [6.07, 6.45) is 3.70. The lowest BCUT2D eigenvalue weighted by Crippen LogP contribution is -2.17. The highest BCUT2D eigenvalue weighted by molar-refractivity contribution is 5.83. The van der Waals surface area contributed by atoms with Gasteiger partial charge in [0.25, 0.3) is 0 Å². The molecule has 0 radical (unpaired) electrons. The first-order valence-electron chi connectivity index (χ1n) is 7.10. The Hall–Kier alpha value is -1.81. The number of pyridine rings is 1. The summed E-state index contributed by atoms with van der Waals surface area (Å²) in [5.74, 6) is 0.936. The predicted molar refractivity (Wildman–Crippen MR) is 82.8 cm³/mol. The van der Waals surface area contributed by atoms with Crippen molar-refractivity contribution in [3.63, 3.8) is 0 Å². The van der Waals surface area contributed by atoms with E-state index in [1.54, 1.807) is 7.11 Å². The zero-order valence-electron chi connectivity index (χ0n) is 11.9. The summed E-state index contributed by atoms with van der Waals surface area (Å²) in [7, 11) is 1.76. The molecule has 3 N–H and O–H groups in total. The maximum Gasteiger partial charge on any atom is 0.126 e. The summed E-state index contributed by atoms with van der Waals surface area (Å²) in [6.45, 7) is 1.82. The highest BCUT2D eigenvalue weighted by atomic mass is 16.5. The minimum Gasteiger partial charge on any atom is -0.399 e. The smallest absolute Gasteiger partial charge is 0.126 e. The van der Waals surface area contributed by atoms with E-state index in [9.17, 15) is 0 Å². The lowest BCUT2D eigenvalue weighted by molar-refractivity contribution is 0.175. The molecule has 4 nitrogen and oxygen atoms in total. The Labute approximate surface area is 119 Å². The molecule has 0 unspecified atom stereocenters. The maximum absolute atomic E-state index is 5.78. The van der Waals surface area contributed by atoms with E-state index in [4.69, 9.17) is 10.5 Å². The summed E-state index contributed by atoms with van der Waals surface area (Å²) in [4.78, 5) is 4.63. The molecule has 1 aromatic carbocycles. The molecule has 4 heteroatoms. The second kappa shape index (κ2) is 5.29. The number of nitrogens with zero attached hydrogens (tertiary/aromatic N) is 1. The molecule has 0 bridgehead atoms. The molecule has 1 saturated carbocycles. The predicted octanol–water partition coefficient (Wildman–Crippen LogP) is 3.05. The molecule has 0 aliphatic heterocycles. The standard InChI is InChI=1S/C16H21N3O/c1-20-9-8-16(6-7-16)11-18-15-5-2-12-10-13(17)3-4-14(12)19-15/h2-5,10H,6-9,11,17H2,1H3,(H,18,19). The monoisotopic (exact) mass is 271 g/mol. The van der Waals surface area contributed by atoms with E-state index in [-0.39, 0.29) is 0 Å². The van der Waals surface area contributed by atoms with Crippen molar-refractivity contribution in [3.05, 3.63) is 30.3 Å². The van der Waals surface area contributed by atoms with E-state index < -0.39 is 0 Å². The highest BCUT2D eigenvalue weighted by Crippen LogP contribution is 2.48. The van der Waals surface area contributed by atoms with Gasteiger partial charge in [-0.2, -0.15) is 0 Å². The van der Waals surface area contributed by atoms with Crippen LogP contribution in [-0.4, -0.2) is 25.2 Å². The second-order valence-electron chi connectivity index (χ2n) is 5.74. The van der Waals surface area contributed by atoms with Gasteiger partial charge in [0.2, 0.25) is 0 Å². The number of aromatic nitrogens is 1. The topological polar surface area (TPSA) is 60.2 Å². The third-order valence-corrected chi connectivity index (χ3v) is 4.15. The zero-order valence-corrected chi connectivity index (χ0v) is 11.9. The number of anilines is 2. The third kappa shape index (κ3) is 2.85. The quantitative estimate of drug-likeness (QED) is 0.793. The van der Waals surface area contributed by atoms with Gasteiger partial charge in [0.1, 0.15) is 5.82 Å². The molecular formula is C16H21N3O. The first-order valence-corrected chi connectivity index (χ1v) is 7.10. The molecule has 0 amide bonds. The molecule has 2 aromatic rings. The van der Waals surface area contributed by atoms with Crippen molar-refractivity contribution in [2.45, 2.75) is 19.3 Å². The van der Waals surface area contributed by atoms with E-state index in [1.165, 1.54) is 12.8 Å². The number of rotatable bonds is 6. The van der Waals surface area contributed by atoms with Crippen LogP contribution >= 0.6 is 0 Å². The van der Waals surface area contributed by atoms with Crippen LogP contribution in [0.3, 0.4) is 0 Å². The van der Waals surface area contributed by atoms with Crippen LogP contribution in [0.4, 0.5) is 11.5 Å². The Morgan fingerprint density at radius 2 is 2.15 bits per heavy atom. The van der Waals surface area contributed by atoms with E-state index >= 15 is 0 Å². The van der Waals surface area contributed by atoms with Crippen LogP contribution in [0.2, 0.25) is 0 Å². The Bertz CT molecular complexity index is 608. The van der Waals surface area contributed by atoms with E-state index in [1.807, 2.05) is 24.3 Å². The maximum atomic E-state index is 5.78. The number of ether oxygens (including phenoxy) is 1. The van der Waals surface area contributed by atoms with Crippen molar-refractivity contribution < 1.29 is 4.74 Å². The fraction of sp³-hybridized carbons (Fsp3) is 0.438. The molecule has 1 aromatic heterocycles. The largest absolute Gasteiger partial charge is 0.399 e.